The highest BCUT2D eigenvalue weighted by Gasteiger charge is 2.15. The van der Waals surface area contributed by atoms with Crippen LogP contribution in [0.3, 0.4) is 0 Å². The number of ether oxygens (including phenoxy) is 1. The number of hydrogen-bond donors (Lipinski definition) is 1. The molecule has 0 aromatic heterocycles. The molecule has 0 unspecified atom stereocenters. The Hall–Kier alpha value is -0.980. The number of halogens is 1. The Morgan fingerprint density at radius 1 is 1.23 bits per heavy atom. The third-order valence-electron chi connectivity index (χ3n) is 3.45. The van der Waals surface area contributed by atoms with Crippen molar-refractivity contribution in [3.63, 3.8) is 0 Å². The van der Waals surface area contributed by atoms with Crippen molar-refractivity contribution in [1.82, 2.24) is 10.2 Å². The van der Waals surface area contributed by atoms with Crippen LogP contribution in [0.1, 0.15) is 39.2 Å². The maximum Gasteiger partial charge on any atom is 0.194 e. The van der Waals surface area contributed by atoms with E-state index in [2.05, 4.69) is 29.3 Å². The number of benzene rings is 1. The van der Waals surface area contributed by atoms with E-state index >= 15 is 0 Å². The first-order valence-electron chi connectivity index (χ1n) is 7.98. The van der Waals surface area contributed by atoms with E-state index in [1.165, 1.54) is 18.4 Å². The Morgan fingerprint density at radius 2 is 1.86 bits per heavy atom. The van der Waals surface area contributed by atoms with Gasteiger partial charge in [0.05, 0.1) is 12.6 Å². The molecule has 4 nitrogen and oxygen atoms in total. The van der Waals surface area contributed by atoms with Crippen LogP contribution in [0.15, 0.2) is 29.3 Å². The van der Waals surface area contributed by atoms with Crippen molar-refractivity contribution in [2.45, 2.75) is 46.3 Å². The number of aliphatic imine (C=N–C) groups is 1. The molecule has 1 aliphatic rings. The minimum absolute atomic E-state index is 0. The predicted molar refractivity (Wildman–Crippen MR) is 103 cm³/mol. The summed E-state index contributed by atoms with van der Waals surface area (Å²) in [5, 5.41) is 3.38. The predicted octanol–water partition coefficient (Wildman–Crippen LogP) is 3.65. The molecule has 1 heterocycles. The highest BCUT2D eigenvalue weighted by molar-refractivity contribution is 14.0. The first-order valence-corrected chi connectivity index (χ1v) is 7.98. The Kier molecular flexibility index (Phi) is 8.60. The summed E-state index contributed by atoms with van der Waals surface area (Å²) in [6.07, 6.45) is 2.75. The van der Waals surface area contributed by atoms with E-state index in [9.17, 15) is 0 Å². The Balaban J connectivity index is 0.00000242. The number of likely N-dealkylation sites (tertiary alicyclic amines) is 1. The molecule has 0 atom stereocenters. The lowest BCUT2D eigenvalue weighted by atomic mass is 10.2. The molecule has 0 spiro atoms. The largest absolute Gasteiger partial charge is 0.491 e. The van der Waals surface area contributed by atoms with Crippen molar-refractivity contribution in [3.05, 3.63) is 29.8 Å². The third-order valence-corrected chi connectivity index (χ3v) is 3.45. The van der Waals surface area contributed by atoms with Gasteiger partial charge in [0, 0.05) is 19.6 Å². The second-order valence-electron chi connectivity index (χ2n) is 5.67. The Bertz CT molecular complexity index is 453. The van der Waals surface area contributed by atoms with Crippen LogP contribution in [0.4, 0.5) is 0 Å². The van der Waals surface area contributed by atoms with Crippen molar-refractivity contribution < 1.29 is 4.74 Å². The summed E-state index contributed by atoms with van der Waals surface area (Å²) in [5.41, 5.74) is 1.21. The van der Waals surface area contributed by atoms with Crippen molar-refractivity contribution in [1.29, 1.82) is 0 Å². The van der Waals surface area contributed by atoms with E-state index in [1.54, 1.807) is 0 Å². The monoisotopic (exact) mass is 417 g/mol. The molecule has 5 heteroatoms. The SMILES string of the molecule is CCNC(=NCc1ccc(OC(C)C)cc1)N1CCCC1.I. The van der Waals surface area contributed by atoms with E-state index < -0.39 is 0 Å². The van der Waals surface area contributed by atoms with Crippen LogP contribution in [-0.4, -0.2) is 36.6 Å². The minimum Gasteiger partial charge on any atom is -0.491 e. The molecule has 1 fully saturated rings. The van der Waals surface area contributed by atoms with Crippen LogP contribution in [-0.2, 0) is 6.54 Å². The fourth-order valence-corrected chi connectivity index (χ4v) is 2.47. The van der Waals surface area contributed by atoms with Gasteiger partial charge in [0.15, 0.2) is 5.96 Å². The molecule has 1 aromatic rings. The van der Waals surface area contributed by atoms with Gasteiger partial charge in [-0.05, 0) is 51.3 Å². The molecule has 0 bridgehead atoms. The van der Waals surface area contributed by atoms with Crippen molar-refractivity contribution in [3.8, 4) is 5.75 Å². The third kappa shape index (κ3) is 6.02. The van der Waals surface area contributed by atoms with Gasteiger partial charge in [0.25, 0.3) is 0 Å². The van der Waals surface area contributed by atoms with Gasteiger partial charge in [0.2, 0.25) is 0 Å². The van der Waals surface area contributed by atoms with Crippen molar-refractivity contribution >= 4 is 29.9 Å². The summed E-state index contributed by atoms with van der Waals surface area (Å²) in [5.74, 6) is 1.96. The summed E-state index contributed by atoms with van der Waals surface area (Å²) in [4.78, 5) is 7.09. The molecule has 1 saturated heterocycles. The average molecular weight is 417 g/mol. The first kappa shape index (κ1) is 19.1. The van der Waals surface area contributed by atoms with Crippen molar-refractivity contribution in [2.75, 3.05) is 19.6 Å². The van der Waals surface area contributed by atoms with Gasteiger partial charge >= 0.3 is 0 Å². The van der Waals surface area contributed by atoms with Crippen LogP contribution >= 0.6 is 24.0 Å². The molecular weight excluding hydrogens is 389 g/mol. The topological polar surface area (TPSA) is 36.9 Å². The smallest absolute Gasteiger partial charge is 0.194 e. The van der Waals surface area contributed by atoms with Gasteiger partial charge in [0.1, 0.15) is 5.75 Å². The fraction of sp³-hybridized carbons (Fsp3) is 0.588. The van der Waals surface area contributed by atoms with Crippen LogP contribution in [0.2, 0.25) is 0 Å². The highest BCUT2D eigenvalue weighted by Crippen LogP contribution is 2.15. The van der Waals surface area contributed by atoms with Crippen LogP contribution in [0.25, 0.3) is 0 Å². The van der Waals surface area contributed by atoms with Gasteiger partial charge < -0.3 is 15.0 Å². The van der Waals surface area contributed by atoms with Crippen LogP contribution in [0, 0.1) is 0 Å². The fourth-order valence-electron chi connectivity index (χ4n) is 2.47. The summed E-state index contributed by atoms with van der Waals surface area (Å²) in [6, 6.07) is 8.23. The van der Waals surface area contributed by atoms with Gasteiger partial charge in [-0.1, -0.05) is 12.1 Å². The van der Waals surface area contributed by atoms with E-state index in [0.717, 1.165) is 31.3 Å². The second kappa shape index (κ2) is 9.92. The molecule has 124 valence electrons. The Labute approximate surface area is 151 Å². The van der Waals surface area contributed by atoms with E-state index in [0.29, 0.717) is 6.54 Å². The molecule has 0 radical (unpaired) electrons. The molecule has 1 N–H and O–H groups in total. The summed E-state index contributed by atoms with van der Waals surface area (Å²) < 4.78 is 5.66. The maximum atomic E-state index is 5.66. The molecule has 2 rings (SSSR count). The number of rotatable bonds is 5. The van der Waals surface area contributed by atoms with Gasteiger partial charge in [-0.15, -0.1) is 24.0 Å². The zero-order valence-corrected chi connectivity index (χ0v) is 16.2. The quantitative estimate of drug-likeness (QED) is 0.452. The Morgan fingerprint density at radius 3 is 2.41 bits per heavy atom. The number of hydrogen-bond acceptors (Lipinski definition) is 2. The van der Waals surface area contributed by atoms with Gasteiger partial charge in [-0.3, -0.25) is 0 Å². The van der Waals surface area contributed by atoms with Crippen LogP contribution < -0.4 is 10.1 Å². The summed E-state index contributed by atoms with van der Waals surface area (Å²) >= 11 is 0. The lowest BCUT2D eigenvalue weighted by Gasteiger charge is -2.20. The molecule has 1 aliphatic heterocycles. The second-order valence-corrected chi connectivity index (χ2v) is 5.67. The summed E-state index contributed by atoms with van der Waals surface area (Å²) in [6.45, 7) is 10.1. The number of guanidine groups is 1. The molecule has 0 aliphatic carbocycles. The molecule has 22 heavy (non-hydrogen) atoms. The van der Waals surface area contributed by atoms with Crippen molar-refractivity contribution in [2.24, 2.45) is 4.99 Å². The zero-order valence-electron chi connectivity index (χ0n) is 13.8. The minimum atomic E-state index is 0. The highest BCUT2D eigenvalue weighted by atomic mass is 127. The van der Waals surface area contributed by atoms with Gasteiger partial charge in [-0.25, -0.2) is 4.99 Å². The average Bonchev–Trinajstić information content (AvgIpc) is 2.98. The first-order chi connectivity index (χ1) is 10.2. The van der Waals surface area contributed by atoms with E-state index in [4.69, 9.17) is 9.73 Å². The van der Waals surface area contributed by atoms with E-state index in [-0.39, 0.29) is 30.1 Å². The summed E-state index contributed by atoms with van der Waals surface area (Å²) in [7, 11) is 0. The maximum absolute atomic E-state index is 5.66. The molecule has 0 amide bonds. The molecule has 0 saturated carbocycles. The molecular formula is C17H28IN3O. The normalized spacial score (nSPS) is 14.9. The van der Waals surface area contributed by atoms with Crippen LogP contribution in [0.5, 0.6) is 5.75 Å². The van der Waals surface area contributed by atoms with Gasteiger partial charge in [-0.2, -0.15) is 0 Å². The number of nitrogens with zero attached hydrogens (tertiary/aromatic N) is 2. The number of nitrogens with one attached hydrogen (secondary N) is 1. The standard InChI is InChI=1S/C17H27N3O.HI/c1-4-18-17(20-11-5-6-12-20)19-13-15-7-9-16(10-8-15)21-14(2)3;/h7-10,14H,4-6,11-13H2,1-3H3,(H,18,19);1H. The zero-order chi connectivity index (χ0) is 15.1. The molecule has 1 aromatic carbocycles. The lowest BCUT2D eigenvalue weighted by Crippen LogP contribution is -2.39. The van der Waals surface area contributed by atoms with E-state index in [1.807, 2.05) is 26.0 Å². The lowest BCUT2D eigenvalue weighted by molar-refractivity contribution is 0.242.